The molecule has 2 aromatic rings. The van der Waals surface area contributed by atoms with Gasteiger partial charge >= 0.3 is 0 Å². The average Bonchev–Trinajstić information content (AvgIpc) is 2.81. The molecule has 18 heavy (non-hydrogen) atoms. The van der Waals surface area contributed by atoms with Crippen LogP contribution in [0.1, 0.15) is 35.1 Å². The van der Waals surface area contributed by atoms with Gasteiger partial charge in [0.15, 0.2) is 11.0 Å². The fourth-order valence-corrected chi connectivity index (χ4v) is 2.17. The van der Waals surface area contributed by atoms with Gasteiger partial charge in [0.2, 0.25) is 0 Å². The molecule has 1 N–H and O–H groups in total. The highest BCUT2D eigenvalue weighted by Crippen LogP contribution is 2.22. The van der Waals surface area contributed by atoms with Crippen LogP contribution in [0.2, 0.25) is 5.15 Å². The highest BCUT2D eigenvalue weighted by atomic mass is 35.5. The molecule has 1 amide bonds. The Morgan fingerprint density at radius 2 is 2.11 bits per heavy atom. The zero-order chi connectivity index (χ0) is 13.1. The monoisotopic (exact) mass is 283 g/mol. The SMILES string of the molecule is CC(C)c1nnsc1C(=O)Nc1nccnc1Cl. The Morgan fingerprint density at radius 1 is 1.39 bits per heavy atom. The van der Waals surface area contributed by atoms with Gasteiger partial charge in [-0.25, -0.2) is 9.97 Å². The summed E-state index contributed by atoms with van der Waals surface area (Å²) in [5.41, 5.74) is 0.664. The zero-order valence-corrected chi connectivity index (χ0v) is 11.3. The molecule has 2 rings (SSSR count). The maximum atomic E-state index is 12.0. The molecular weight excluding hydrogens is 274 g/mol. The minimum absolute atomic E-state index is 0.127. The number of nitrogens with zero attached hydrogens (tertiary/aromatic N) is 4. The number of halogens is 1. The van der Waals surface area contributed by atoms with Crippen molar-refractivity contribution in [1.29, 1.82) is 0 Å². The van der Waals surface area contributed by atoms with Crippen molar-refractivity contribution in [2.45, 2.75) is 19.8 Å². The van der Waals surface area contributed by atoms with Crippen LogP contribution in [0.5, 0.6) is 0 Å². The van der Waals surface area contributed by atoms with Crippen LogP contribution in [0.15, 0.2) is 12.4 Å². The fourth-order valence-electron chi connectivity index (χ4n) is 1.30. The molecule has 0 atom stereocenters. The minimum atomic E-state index is -0.323. The molecule has 0 bridgehead atoms. The van der Waals surface area contributed by atoms with Crippen LogP contribution in [0.4, 0.5) is 5.82 Å². The first-order valence-corrected chi connectivity index (χ1v) is 6.35. The Bertz CT molecular complexity index is 571. The van der Waals surface area contributed by atoms with Gasteiger partial charge < -0.3 is 5.32 Å². The molecule has 8 heteroatoms. The Kier molecular flexibility index (Phi) is 3.83. The summed E-state index contributed by atoms with van der Waals surface area (Å²) in [6.07, 6.45) is 2.90. The third-order valence-corrected chi connectivity index (χ3v) is 3.17. The molecule has 0 aliphatic carbocycles. The molecular formula is C10H10ClN5OS. The van der Waals surface area contributed by atoms with E-state index in [1.165, 1.54) is 12.4 Å². The largest absolute Gasteiger partial charge is 0.303 e. The van der Waals surface area contributed by atoms with Crippen molar-refractivity contribution < 1.29 is 4.79 Å². The topological polar surface area (TPSA) is 80.7 Å². The molecule has 2 aromatic heterocycles. The van der Waals surface area contributed by atoms with E-state index < -0.39 is 0 Å². The van der Waals surface area contributed by atoms with Crippen molar-refractivity contribution in [2.24, 2.45) is 0 Å². The van der Waals surface area contributed by atoms with E-state index in [4.69, 9.17) is 11.6 Å². The van der Waals surface area contributed by atoms with E-state index in [1.54, 1.807) is 0 Å². The molecule has 0 unspecified atom stereocenters. The van der Waals surface area contributed by atoms with E-state index in [2.05, 4.69) is 24.9 Å². The van der Waals surface area contributed by atoms with Crippen LogP contribution in [-0.2, 0) is 0 Å². The van der Waals surface area contributed by atoms with Gasteiger partial charge in [0, 0.05) is 12.4 Å². The first-order valence-electron chi connectivity index (χ1n) is 5.19. The maximum Gasteiger partial charge on any atom is 0.270 e. The van der Waals surface area contributed by atoms with Gasteiger partial charge in [0.05, 0.1) is 5.69 Å². The number of hydrogen-bond acceptors (Lipinski definition) is 6. The second-order valence-electron chi connectivity index (χ2n) is 3.79. The molecule has 0 spiro atoms. The third-order valence-electron chi connectivity index (χ3n) is 2.15. The molecule has 0 aliphatic rings. The summed E-state index contributed by atoms with van der Waals surface area (Å²) in [4.78, 5) is 20.3. The van der Waals surface area contributed by atoms with E-state index in [0.29, 0.717) is 10.6 Å². The minimum Gasteiger partial charge on any atom is -0.303 e. The molecule has 0 radical (unpaired) electrons. The predicted octanol–water partition coefficient (Wildman–Crippen LogP) is 2.36. The van der Waals surface area contributed by atoms with Gasteiger partial charge in [-0.3, -0.25) is 4.79 Å². The number of anilines is 1. The number of rotatable bonds is 3. The third kappa shape index (κ3) is 2.62. The average molecular weight is 284 g/mol. The molecule has 0 saturated carbocycles. The Hall–Kier alpha value is -1.60. The van der Waals surface area contributed by atoms with Crippen molar-refractivity contribution in [3.63, 3.8) is 0 Å². The standard InChI is InChI=1S/C10H10ClN5OS/c1-5(2)6-7(18-16-15-6)10(17)14-9-8(11)12-3-4-13-9/h3-5H,1-2H3,(H,13,14,17). The molecule has 0 saturated heterocycles. The lowest BCUT2D eigenvalue weighted by Gasteiger charge is -2.05. The van der Waals surface area contributed by atoms with Gasteiger partial charge in [-0.1, -0.05) is 29.9 Å². The lowest BCUT2D eigenvalue weighted by molar-refractivity contribution is 0.102. The summed E-state index contributed by atoms with van der Waals surface area (Å²) in [6, 6.07) is 0. The van der Waals surface area contributed by atoms with E-state index >= 15 is 0 Å². The summed E-state index contributed by atoms with van der Waals surface area (Å²) in [6.45, 7) is 3.89. The number of aromatic nitrogens is 4. The first kappa shape index (κ1) is 12.8. The van der Waals surface area contributed by atoms with Crippen molar-refractivity contribution in [3.8, 4) is 0 Å². The fraction of sp³-hybridized carbons (Fsp3) is 0.300. The molecule has 94 valence electrons. The molecule has 6 nitrogen and oxygen atoms in total. The number of nitrogens with one attached hydrogen (secondary N) is 1. The number of carbonyl (C=O) groups excluding carboxylic acids is 1. The smallest absolute Gasteiger partial charge is 0.270 e. The zero-order valence-electron chi connectivity index (χ0n) is 9.72. The summed E-state index contributed by atoms with van der Waals surface area (Å²) in [5, 5.41) is 6.68. The molecule has 0 aliphatic heterocycles. The van der Waals surface area contributed by atoms with Crippen LogP contribution < -0.4 is 5.32 Å². The summed E-state index contributed by atoms with van der Waals surface area (Å²) in [7, 11) is 0. The van der Waals surface area contributed by atoms with E-state index in [0.717, 1.165) is 11.5 Å². The second-order valence-corrected chi connectivity index (χ2v) is 4.90. The van der Waals surface area contributed by atoms with Gasteiger partial charge in [-0.05, 0) is 17.5 Å². The second kappa shape index (κ2) is 5.36. The van der Waals surface area contributed by atoms with Gasteiger partial charge in [-0.15, -0.1) is 5.10 Å². The Balaban J connectivity index is 2.23. The predicted molar refractivity (Wildman–Crippen MR) is 69.0 cm³/mol. The normalized spacial score (nSPS) is 10.7. The molecule has 0 fully saturated rings. The van der Waals surface area contributed by atoms with E-state index in [9.17, 15) is 4.79 Å². The van der Waals surface area contributed by atoms with Gasteiger partial charge in [-0.2, -0.15) is 0 Å². The highest BCUT2D eigenvalue weighted by Gasteiger charge is 2.19. The Morgan fingerprint density at radius 3 is 2.78 bits per heavy atom. The lowest BCUT2D eigenvalue weighted by Crippen LogP contribution is -2.14. The summed E-state index contributed by atoms with van der Waals surface area (Å²) >= 11 is 6.86. The lowest BCUT2D eigenvalue weighted by atomic mass is 10.1. The van der Waals surface area contributed by atoms with Crippen molar-refractivity contribution in [2.75, 3.05) is 5.32 Å². The number of amides is 1. The molecule has 0 aromatic carbocycles. The van der Waals surface area contributed by atoms with Crippen LogP contribution in [0, 0.1) is 0 Å². The van der Waals surface area contributed by atoms with E-state index in [-0.39, 0.29) is 22.8 Å². The quantitative estimate of drug-likeness (QED) is 0.935. The summed E-state index contributed by atoms with van der Waals surface area (Å²) < 4.78 is 3.79. The van der Waals surface area contributed by atoms with Crippen molar-refractivity contribution in [1.82, 2.24) is 19.6 Å². The molecule has 2 heterocycles. The van der Waals surface area contributed by atoms with Crippen LogP contribution in [0.25, 0.3) is 0 Å². The summed E-state index contributed by atoms with van der Waals surface area (Å²) in [5.74, 6) is 0.0326. The maximum absolute atomic E-state index is 12.0. The number of carbonyl (C=O) groups is 1. The van der Waals surface area contributed by atoms with E-state index in [1.807, 2.05) is 13.8 Å². The van der Waals surface area contributed by atoms with Crippen molar-refractivity contribution in [3.05, 3.63) is 28.1 Å². The van der Waals surface area contributed by atoms with Crippen LogP contribution in [-0.4, -0.2) is 25.5 Å². The number of hydrogen-bond donors (Lipinski definition) is 1. The van der Waals surface area contributed by atoms with Crippen LogP contribution >= 0.6 is 23.1 Å². The Labute approximate surface area is 113 Å². The van der Waals surface area contributed by atoms with Crippen LogP contribution in [0.3, 0.4) is 0 Å². The first-order chi connectivity index (χ1) is 8.59. The van der Waals surface area contributed by atoms with Gasteiger partial charge in [0.25, 0.3) is 5.91 Å². The highest BCUT2D eigenvalue weighted by molar-refractivity contribution is 7.08. The van der Waals surface area contributed by atoms with Gasteiger partial charge in [0.1, 0.15) is 4.88 Å². The van der Waals surface area contributed by atoms with Crippen molar-refractivity contribution >= 4 is 34.9 Å².